The second-order valence-corrected chi connectivity index (χ2v) is 21.7. The van der Waals surface area contributed by atoms with Crippen LogP contribution in [0.3, 0.4) is 0 Å². The van der Waals surface area contributed by atoms with Crippen molar-refractivity contribution in [1.82, 2.24) is 48.2 Å². The fraction of sp³-hybridized carbons (Fsp3) is 0.161. The molecule has 10 aromatic rings. The van der Waals surface area contributed by atoms with Crippen molar-refractivity contribution < 1.29 is 76.9 Å². The number of imidazole rings is 4. The Hall–Kier alpha value is -8.03. The van der Waals surface area contributed by atoms with Gasteiger partial charge in [0.25, 0.3) is 0 Å². The van der Waals surface area contributed by atoms with E-state index in [2.05, 4.69) is 77.6 Å². The molecule has 0 bridgehead atoms. The smallest absolute Gasteiger partial charge is 2.00 e. The SMILES string of the molecule is CC#N.CO[C@](c1ccccn1)(c1nccn1C)c1nc(-c2ccccc2)c(-c2ccccc2)n1C.CO[C@](c1ccccn1)(c1nccn1C)c1nc(-c2ccccc2)c(-c2ccccc2)n1C.F[P-](F)(F)(F)(F)F.F[P-](F)(F)(F)(F)F.[Cu+2]. The molecular weight excluding hydrogens is 1210 g/mol. The molecule has 0 amide bonds. The Bertz CT molecular complexity index is 3520. The topological polar surface area (TPSA) is 139 Å². The number of benzene rings is 4. The molecule has 0 aliphatic rings. The molecule has 84 heavy (non-hydrogen) atoms. The molecule has 0 fully saturated rings. The Labute approximate surface area is 485 Å². The van der Waals surface area contributed by atoms with E-state index in [9.17, 15) is 50.4 Å². The molecular formula is C56H53CuF12N11O2P2. The molecule has 2 atom stereocenters. The van der Waals surface area contributed by atoms with Gasteiger partial charge in [-0.15, -0.1) is 0 Å². The van der Waals surface area contributed by atoms with Crippen LogP contribution in [0.4, 0.5) is 50.4 Å². The number of nitrogens with zero attached hydrogens (tertiary/aromatic N) is 11. The average molecular weight is 1270 g/mol. The summed E-state index contributed by atoms with van der Waals surface area (Å²) in [4.78, 5) is 29.2. The minimum absolute atomic E-state index is 0. The quantitative estimate of drug-likeness (QED) is 0.0664. The molecule has 28 heteroatoms. The van der Waals surface area contributed by atoms with E-state index >= 15 is 0 Å². The summed E-state index contributed by atoms with van der Waals surface area (Å²) in [5.74, 6) is 2.82. The molecule has 0 saturated heterocycles. The summed E-state index contributed by atoms with van der Waals surface area (Å²) >= 11 is 0. The Kier molecular flexibility index (Phi) is 19.6. The summed E-state index contributed by atoms with van der Waals surface area (Å²) in [7, 11) is -9.99. The Morgan fingerprint density at radius 1 is 0.405 bits per heavy atom. The van der Waals surface area contributed by atoms with Gasteiger partial charge in [0.1, 0.15) is 0 Å². The van der Waals surface area contributed by atoms with Gasteiger partial charge in [-0.05, 0) is 24.3 Å². The Morgan fingerprint density at radius 2 is 0.667 bits per heavy atom. The van der Waals surface area contributed by atoms with Gasteiger partial charge in [-0.3, -0.25) is 9.97 Å². The van der Waals surface area contributed by atoms with Crippen molar-refractivity contribution in [1.29, 1.82) is 5.26 Å². The largest absolute Gasteiger partial charge is 2.00 e. The van der Waals surface area contributed by atoms with Gasteiger partial charge in [0.15, 0.2) is 23.3 Å². The average Bonchev–Trinajstić information content (AvgIpc) is 1.61. The summed E-state index contributed by atoms with van der Waals surface area (Å²) in [6.45, 7) is 1.43. The van der Waals surface area contributed by atoms with Crippen molar-refractivity contribution in [2.45, 2.75) is 18.1 Å². The third-order valence-corrected chi connectivity index (χ3v) is 11.9. The van der Waals surface area contributed by atoms with Gasteiger partial charge in [-0.25, -0.2) is 19.9 Å². The number of aromatic nitrogens is 10. The second-order valence-electron chi connectivity index (χ2n) is 17.9. The van der Waals surface area contributed by atoms with Crippen LogP contribution in [0.25, 0.3) is 45.0 Å². The van der Waals surface area contributed by atoms with Crippen LogP contribution in [0, 0.1) is 11.3 Å². The third kappa shape index (κ3) is 17.5. The van der Waals surface area contributed by atoms with Crippen LogP contribution in [-0.4, -0.2) is 62.4 Å². The zero-order chi connectivity index (χ0) is 61.2. The van der Waals surface area contributed by atoms with E-state index in [-0.39, 0.29) is 17.1 Å². The van der Waals surface area contributed by atoms with E-state index in [1.165, 1.54) is 6.92 Å². The second kappa shape index (κ2) is 24.7. The minimum Gasteiger partial charge on any atom is 2.00 e. The molecule has 6 heterocycles. The first kappa shape index (κ1) is 66.8. The first-order chi connectivity index (χ1) is 38.6. The Balaban J connectivity index is 0.000000239. The van der Waals surface area contributed by atoms with Crippen molar-refractivity contribution in [2.24, 2.45) is 28.2 Å². The maximum Gasteiger partial charge on any atom is 2.00 e. The molecule has 0 unspecified atom stereocenters. The van der Waals surface area contributed by atoms with Crippen LogP contribution in [0.1, 0.15) is 41.6 Å². The zero-order valence-corrected chi connectivity index (χ0v) is 48.2. The van der Waals surface area contributed by atoms with Crippen molar-refractivity contribution in [3.63, 3.8) is 0 Å². The zero-order valence-electron chi connectivity index (χ0n) is 45.4. The Morgan fingerprint density at radius 3 is 0.893 bits per heavy atom. The summed E-state index contributed by atoms with van der Waals surface area (Å²) in [6, 6.07) is 54.4. The molecule has 0 aliphatic heterocycles. The first-order valence-electron chi connectivity index (χ1n) is 24.3. The summed E-state index contributed by atoms with van der Waals surface area (Å²) in [6.07, 6.45) is 10.9. The number of hydrogen-bond acceptors (Lipinski definition) is 9. The van der Waals surface area contributed by atoms with E-state index in [0.717, 1.165) is 45.0 Å². The molecule has 6 aromatic heterocycles. The van der Waals surface area contributed by atoms with Crippen LogP contribution >= 0.6 is 15.6 Å². The number of nitriles is 1. The molecule has 0 N–H and O–H groups in total. The first-order valence-corrected chi connectivity index (χ1v) is 28.4. The monoisotopic (exact) mass is 1260 g/mol. The summed E-state index contributed by atoms with van der Waals surface area (Å²) in [5, 5.41) is 7.32. The van der Waals surface area contributed by atoms with E-state index in [4.69, 9.17) is 24.7 Å². The van der Waals surface area contributed by atoms with Crippen molar-refractivity contribution in [3.8, 4) is 51.1 Å². The van der Waals surface area contributed by atoms with Gasteiger partial charge in [0.2, 0.25) is 11.2 Å². The van der Waals surface area contributed by atoms with Gasteiger partial charge in [-0.1, -0.05) is 133 Å². The molecule has 0 saturated carbocycles. The van der Waals surface area contributed by atoms with Crippen LogP contribution in [-0.2, 0) is 65.9 Å². The van der Waals surface area contributed by atoms with E-state index in [0.29, 0.717) is 34.7 Å². The van der Waals surface area contributed by atoms with Gasteiger partial charge < -0.3 is 27.7 Å². The number of pyridine rings is 2. The van der Waals surface area contributed by atoms with E-state index < -0.39 is 26.8 Å². The van der Waals surface area contributed by atoms with Gasteiger partial charge >= 0.3 is 83.0 Å². The number of hydrogen-bond donors (Lipinski definition) is 0. The van der Waals surface area contributed by atoms with Crippen LogP contribution < -0.4 is 0 Å². The molecule has 449 valence electrons. The maximum atomic E-state index is 9.87. The molecule has 1 radical (unpaired) electrons. The molecule has 10 rings (SSSR count). The van der Waals surface area contributed by atoms with Crippen LogP contribution in [0.5, 0.6) is 0 Å². The molecule has 4 aromatic carbocycles. The molecule has 0 spiro atoms. The number of halogens is 12. The standard InChI is InChI=1S/2C27H25N5O.C2H3N.Cu.2F6P/c2*1-31-19-18-29-25(31)27(33-3,22-16-10-11-17-28-22)26-30-23(20-12-6-4-7-13-20)24(32(26)2)21-14-8-5-9-15-21;1-2-3;;2*1-7(2,3,4,5)6/h2*4-19H,1-3H3;1H3;;;/q;;;+2;2*-1/t2*27-;;;;/m11..../s1. The maximum absolute atomic E-state index is 10.7. The van der Waals surface area contributed by atoms with Crippen molar-refractivity contribution >= 4 is 15.6 Å². The third-order valence-electron chi connectivity index (χ3n) is 11.9. The minimum atomic E-state index is -10.7. The fourth-order valence-electron chi connectivity index (χ4n) is 8.86. The number of ether oxygens (including phenoxy) is 2. The predicted molar refractivity (Wildman–Crippen MR) is 295 cm³/mol. The number of aryl methyl sites for hydroxylation is 2. The van der Waals surface area contributed by atoms with Crippen molar-refractivity contribution in [3.05, 3.63) is 230 Å². The summed E-state index contributed by atoms with van der Waals surface area (Å²) < 4.78 is 139. The molecule has 0 aliphatic carbocycles. The fourth-order valence-corrected chi connectivity index (χ4v) is 8.86. The van der Waals surface area contributed by atoms with Crippen LogP contribution in [0.2, 0.25) is 0 Å². The van der Waals surface area contributed by atoms with E-state index in [1.807, 2.05) is 159 Å². The van der Waals surface area contributed by atoms with Gasteiger partial charge in [-0.2, -0.15) is 5.26 Å². The predicted octanol–water partition coefficient (Wildman–Crippen LogP) is 16.9. The number of rotatable bonds is 12. The van der Waals surface area contributed by atoms with Gasteiger partial charge in [0.05, 0.1) is 40.2 Å². The van der Waals surface area contributed by atoms with E-state index in [1.54, 1.807) is 45.1 Å². The normalized spacial score (nSPS) is 14.2. The van der Waals surface area contributed by atoms with Crippen molar-refractivity contribution in [2.75, 3.05) is 14.2 Å². The summed E-state index contributed by atoms with van der Waals surface area (Å²) in [5.41, 5.74) is 7.20. The van der Waals surface area contributed by atoms with Crippen LogP contribution in [0.15, 0.2) is 195 Å². The van der Waals surface area contributed by atoms with Gasteiger partial charge in [0, 0.05) is 109 Å². The molecule has 13 nitrogen and oxygen atoms in total. The number of methoxy groups -OCH3 is 2.